The summed E-state index contributed by atoms with van der Waals surface area (Å²) >= 11 is 8.27. The van der Waals surface area contributed by atoms with E-state index in [9.17, 15) is 0 Å². The van der Waals surface area contributed by atoms with E-state index in [0.717, 1.165) is 37.9 Å². The Labute approximate surface area is 149 Å². The van der Waals surface area contributed by atoms with Crippen LogP contribution in [0.1, 0.15) is 5.01 Å². The van der Waals surface area contributed by atoms with Crippen molar-refractivity contribution in [1.29, 1.82) is 0 Å². The molecule has 0 saturated heterocycles. The molecule has 118 valence electrons. The summed E-state index contributed by atoms with van der Waals surface area (Å²) < 4.78 is 1.04. The predicted octanol–water partition coefficient (Wildman–Crippen LogP) is 6.06. The number of pyridine rings is 1. The normalized spacial score (nSPS) is 10.9. The fraction of sp³-hybridized carbons (Fsp3) is 0.0526. The molecule has 5 heteroatoms. The summed E-state index contributed by atoms with van der Waals surface area (Å²) in [4.78, 5) is 8.97. The molecule has 4 rings (SSSR count). The second kappa shape index (κ2) is 6.23. The number of thiazole rings is 1. The molecule has 0 unspecified atom stereocenters. The summed E-state index contributed by atoms with van der Waals surface area (Å²) in [7, 11) is 0. The third-order valence-corrected chi connectivity index (χ3v) is 5.15. The number of hydrogen-bond acceptors (Lipinski definition) is 4. The van der Waals surface area contributed by atoms with E-state index in [1.165, 1.54) is 0 Å². The van der Waals surface area contributed by atoms with Gasteiger partial charge in [-0.3, -0.25) is 0 Å². The van der Waals surface area contributed by atoms with Crippen molar-refractivity contribution in [3.8, 4) is 11.1 Å². The van der Waals surface area contributed by atoms with E-state index < -0.39 is 0 Å². The highest BCUT2D eigenvalue weighted by Crippen LogP contribution is 2.36. The summed E-state index contributed by atoms with van der Waals surface area (Å²) in [6, 6.07) is 18.0. The molecule has 1 N–H and O–H groups in total. The number of anilines is 2. The number of aryl methyl sites for hydroxylation is 1. The summed E-state index contributed by atoms with van der Waals surface area (Å²) in [6.07, 6.45) is 1.76. The van der Waals surface area contributed by atoms with E-state index in [0.29, 0.717) is 5.02 Å². The van der Waals surface area contributed by atoms with Crippen LogP contribution >= 0.6 is 22.9 Å². The molecule has 0 aliphatic carbocycles. The molecule has 24 heavy (non-hydrogen) atoms. The number of fused-ring (bicyclic) bond motifs is 1. The molecule has 2 heterocycles. The fourth-order valence-electron chi connectivity index (χ4n) is 2.65. The van der Waals surface area contributed by atoms with Gasteiger partial charge in [0.1, 0.15) is 5.82 Å². The molecule has 0 aliphatic rings. The zero-order chi connectivity index (χ0) is 16.5. The Morgan fingerprint density at radius 3 is 2.67 bits per heavy atom. The number of rotatable bonds is 3. The minimum Gasteiger partial charge on any atom is -0.338 e. The van der Waals surface area contributed by atoms with Gasteiger partial charge in [0.25, 0.3) is 0 Å². The molecule has 0 fully saturated rings. The van der Waals surface area contributed by atoms with Crippen molar-refractivity contribution in [1.82, 2.24) is 9.97 Å². The van der Waals surface area contributed by atoms with E-state index >= 15 is 0 Å². The standard InChI is InChI=1S/C19H14ClN3S/c1-12-22-16-10-11-21-19(18(16)24-12)23-15-9-5-8-14(17(15)20)13-6-3-2-4-7-13/h2-11H,1H3,(H,21,23). The van der Waals surface area contributed by atoms with Gasteiger partial charge in [-0.15, -0.1) is 11.3 Å². The van der Waals surface area contributed by atoms with Gasteiger partial charge in [-0.2, -0.15) is 0 Å². The van der Waals surface area contributed by atoms with Gasteiger partial charge in [-0.05, 0) is 24.6 Å². The van der Waals surface area contributed by atoms with Crippen molar-refractivity contribution < 1.29 is 0 Å². The molecule has 3 nitrogen and oxygen atoms in total. The van der Waals surface area contributed by atoms with Crippen molar-refractivity contribution in [2.24, 2.45) is 0 Å². The Hall–Kier alpha value is -2.43. The van der Waals surface area contributed by atoms with Gasteiger partial charge in [-0.1, -0.05) is 54.1 Å². The molecule has 4 aromatic rings. The summed E-state index contributed by atoms with van der Waals surface area (Å²) in [5.41, 5.74) is 3.87. The van der Waals surface area contributed by atoms with Crippen LogP contribution in [0.3, 0.4) is 0 Å². The van der Waals surface area contributed by atoms with E-state index in [1.807, 2.05) is 49.4 Å². The van der Waals surface area contributed by atoms with Crippen molar-refractivity contribution in [3.63, 3.8) is 0 Å². The zero-order valence-electron chi connectivity index (χ0n) is 13.0. The number of halogens is 1. The number of hydrogen-bond donors (Lipinski definition) is 1. The van der Waals surface area contributed by atoms with Gasteiger partial charge in [0, 0.05) is 11.8 Å². The lowest BCUT2D eigenvalue weighted by molar-refractivity contribution is 1.31. The first kappa shape index (κ1) is 15.1. The van der Waals surface area contributed by atoms with E-state index in [-0.39, 0.29) is 0 Å². The second-order valence-corrected chi connectivity index (χ2v) is 6.98. The van der Waals surface area contributed by atoms with Crippen LogP contribution in [0.15, 0.2) is 60.8 Å². The topological polar surface area (TPSA) is 37.8 Å². The Morgan fingerprint density at radius 1 is 1.00 bits per heavy atom. The lowest BCUT2D eigenvalue weighted by Crippen LogP contribution is -1.95. The largest absolute Gasteiger partial charge is 0.338 e. The molecule has 0 atom stereocenters. The van der Waals surface area contributed by atoms with Gasteiger partial charge in [0.15, 0.2) is 0 Å². The van der Waals surface area contributed by atoms with Crippen LogP contribution in [0.5, 0.6) is 0 Å². The van der Waals surface area contributed by atoms with E-state index in [4.69, 9.17) is 11.6 Å². The SMILES string of the molecule is Cc1nc2ccnc(Nc3cccc(-c4ccccc4)c3Cl)c2s1. The molecule has 0 saturated carbocycles. The molecule has 0 aliphatic heterocycles. The highest BCUT2D eigenvalue weighted by atomic mass is 35.5. The van der Waals surface area contributed by atoms with Crippen LogP contribution in [0.25, 0.3) is 21.3 Å². The highest BCUT2D eigenvalue weighted by Gasteiger charge is 2.12. The first-order valence-electron chi connectivity index (χ1n) is 7.55. The predicted molar refractivity (Wildman–Crippen MR) is 102 cm³/mol. The van der Waals surface area contributed by atoms with Gasteiger partial charge in [-0.25, -0.2) is 9.97 Å². The maximum absolute atomic E-state index is 6.65. The third kappa shape index (κ3) is 2.75. The Balaban J connectivity index is 1.77. The van der Waals surface area contributed by atoms with Gasteiger partial charge in [0.2, 0.25) is 0 Å². The Kier molecular flexibility index (Phi) is 3.92. The minimum absolute atomic E-state index is 0.684. The molecule has 0 radical (unpaired) electrons. The smallest absolute Gasteiger partial charge is 0.150 e. The maximum Gasteiger partial charge on any atom is 0.150 e. The zero-order valence-corrected chi connectivity index (χ0v) is 14.5. The fourth-order valence-corrected chi connectivity index (χ4v) is 3.79. The van der Waals surface area contributed by atoms with Crippen molar-refractivity contribution in [2.75, 3.05) is 5.32 Å². The van der Waals surface area contributed by atoms with Crippen LogP contribution < -0.4 is 5.32 Å². The molecule has 2 aromatic carbocycles. The van der Waals surface area contributed by atoms with Crippen molar-refractivity contribution in [3.05, 3.63) is 70.8 Å². The molecular formula is C19H14ClN3S. The second-order valence-electron chi connectivity index (χ2n) is 5.40. The van der Waals surface area contributed by atoms with E-state index in [2.05, 4.69) is 27.4 Å². The van der Waals surface area contributed by atoms with E-state index in [1.54, 1.807) is 17.5 Å². The van der Waals surface area contributed by atoms with Crippen LogP contribution in [-0.4, -0.2) is 9.97 Å². The Bertz CT molecular complexity index is 1010. The average Bonchev–Trinajstić information content (AvgIpc) is 2.99. The summed E-state index contributed by atoms with van der Waals surface area (Å²) in [5.74, 6) is 0.783. The first-order chi connectivity index (χ1) is 11.7. The van der Waals surface area contributed by atoms with Crippen molar-refractivity contribution in [2.45, 2.75) is 6.92 Å². The molecular weight excluding hydrogens is 338 g/mol. The molecule has 0 bridgehead atoms. The van der Waals surface area contributed by atoms with Crippen LogP contribution in [0.4, 0.5) is 11.5 Å². The number of nitrogens with one attached hydrogen (secondary N) is 1. The highest BCUT2D eigenvalue weighted by molar-refractivity contribution is 7.19. The van der Waals surface area contributed by atoms with Crippen LogP contribution in [-0.2, 0) is 0 Å². The number of benzene rings is 2. The van der Waals surface area contributed by atoms with Crippen LogP contribution in [0, 0.1) is 6.92 Å². The minimum atomic E-state index is 0.684. The van der Waals surface area contributed by atoms with Gasteiger partial charge in [0.05, 0.1) is 25.9 Å². The van der Waals surface area contributed by atoms with Crippen molar-refractivity contribution >= 4 is 44.7 Å². The molecule has 2 aromatic heterocycles. The van der Waals surface area contributed by atoms with Gasteiger partial charge >= 0.3 is 0 Å². The first-order valence-corrected chi connectivity index (χ1v) is 8.75. The summed E-state index contributed by atoms with van der Waals surface area (Å²) in [6.45, 7) is 2.00. The third-order valence-electron chi connectivity index (χ3n) is 3.75. The quantitative estimate of drug-likeness (QED) is 0.487. The maximum atomic E-state index is 6.65. The number of aromatic nitrogens is 2. The lowest BCUT2D eigenvalue weighted by atomic mass is 10.1. The number of nitrogens with zero attached hydrogens (tertiary/aromatic N) is 2. The molecule has 0 amide bonds. The lowest BCUT2D eigenvalue weighted by Gasteiger charge is -2.12. The summed E-state index contributed by atoms with van der Waals surface area (Å²) in [5, 5.41) is 5.07. The average molecular weight is 352 g/mol. The van der Waals surface area contributed by atoms with Gasteiger partial charge < -0.3 is 5.32 Å². The van der Waals surface area contributed by atoms with Crippen LogP contribution in [0.2, 0.25) is 5.02 Å². The molecule has 0 spiro atoms. The monoisotopic (exact) mass is 351 g/mol. The Morgan fingerprint density at radius 2 is 1.83 bits per heavy atom.